The number of aromatic amines is 1. The number of hydrogen-bond donors (Lipinski definition) is 2. The van der Waals surface area contributed by atoms with Crippen LogP contribution in [0.25, 0.3) is 10.9 Å². The summed E-state index contributed by atoms with van der Waals surface area (Å²) in [7, 11) is 0. The zero-order chi connectivity index (χ0) is 15.5. The van der Waals surface area contributed by atoms with Gasteiger partial charge < -0.3 is 4.98 Å². The molecule has 1 aromatic heterocycles. The highest BCUT2D eigenvalue weighted by Gasteiger charge is 2.06. The summed E-state index contributed by atoms with van der Waals surface area (Å²) < 4.78 is 3.51. The van der Waals surface area contributed by atoms with Gasteiger partial charge >= 0.3 is 0 Å². The Kier molecular flexibility index (Phi) is 4.55. The average molecular weight is 310 g/mol. The number of hydrogen-bond acceptors (Lipinski definition) is 2. The van der Waals surface area contributed by atoms with Crippen LogP contribution < -0.4 is 4.72 Å². The number of benzene rings is 2. The minimum atomic E-state index is 0.958. The molecule has 2 nitrogen and oxygen atoms in total. The molecule has 0 aliphatic carbocycles. The Morgan fingerprint density at radius 3 is 2.55 bits per heavy atom. The van der Waals surface area contributed by atoms with Gasteiger partial charge in [0.2, 0.25) is 0 Å². The van der Waals surface area contributed by atoms with E-state index in [1.807, 2.05) is 0 Å². The Labute approximate surface area is 136 Å². The van der Waals surface area contributed by atoms with Crippen molar-refractivity contribution in [2.45, 2.75) is 32.1 Å². The number of aryl methyl sites for hydroxylation is 3. The summed E-state index contributed by atoms with van der Waals surface area (Å²) in [6.45, 7) is 7.48. The molecular weight excluding hydrogens is 288 g/mol. The molecule has 0 aliphatic heterocycles. The molecule has 0 unspecified atom stereocenters. The second-order valence-electron chi connectivity index (χ2n) is 5.83. The molecule has 0 spiro atoms. The van der Waals surface area contributed by atoms with E-state index in [4.69, 9.17) is 0 Å². The minimum absolute atomic E-state index is 0.958. The third-order valence-electron chi connectivity index (χ3n) is 3.95. The lowest BCUT2D eigenvalue weighted by Gasteiger charge is -2.11. The maximum atomic E-state index is 3.51. The maximum Gasteiger partial charge on any atom is 0.0456 e. The van der Waals surface area contributed by atoms with Gasteiger partial charge in [-0.3, -0.25) is 4.72 Å². The van der Waals surface area contributed by atoms with E-state index in [-0.39, 0.29) is 0 Å². The molecule has 3 aromatic rings. The van der Waals surface area contributed by atoms with E-state index in [0.29, 0.717) is 0 Å². The van der Waals surface area contributed by atoms with Gasteiger partial charge in [-0.1, -0.05) is 35.9 Å². The lowest BCUT2D eigenvalue weighted by molar-refractivity contribution is 0.911. The fourth-order valence-corrected chi connectivity index (χ4v) is 3.76. The van der Waals surface area contributed by atoms with E-state index >= 15 is 0 Å². The molecule has 0 atom stereocenters. The Morgan fingerprint density at radius 1 is 1.05 bits per heavy atom. The van der Waals surface area contributed by atoms with Crippen molar-refractivity contribution in [2.24, 2.45) is 0 Å². The fraction of sp³-hybridized carbons (Fsp3) is 0.263. The predicted octanol–water partition coefficient (Wildman–Crippen LogP) is 4.93. The van der Waals surface area contributed by atoms with Crippen LogP contribution in [0.15, 0.2) is 47.5 Å². The summed E-state index contributed by atoms with van der Waals surface area (Å²) in [5.74, 6) is 0. The van der Waals surface area contributed by atoms with E-state index in [1.54, 1.807) is 11.9 Å². The summed E-state index contributed by atoms with van der Waals surface area (Å²) in [4.78, 5) is 4.69. The lowest BCUT2D eigenvalue weighted by atomic mass is 10.1. The van der Waals surface area contributed by atoms with Gasteiger partial charge in [-0.25, -0.2) is 0 Å². The first-order valence-corrected chi connectivity index (χ1v) is 8.49. The van der Waals surface area contributed by atoms with E-state index in [0.717, 1.165) is 13.0 Å². The summed E-state index contributed by atoms with van der Waals surface area (Å²) in [5.41, 5.74) is 6.62. The van der Waals surface area contributed by atoms with Crippen molar-refractivity contribution in [1.82, 2.24) is 9.71 Å². The number of aromatic nitrogens is 1. The molecule has 0 saturated carbocycles. The lowest BCUT2D eigenvalue weighted by Crippen LogP contribution is -2.09. The zero-order valence-corrected chi connectivity index (χ0v) is 14.2. The molecule has 0 bridgehead atoms. The zero-order valence-electron chi connectivity index (χ0n) is 13.4. The van der Waals surface area contributed by atoms with Gasteiger partial charge in [0.15, 0.2) is 0 Å². The predicted molar refractivity (Wildman–Crippen MR) is 96.5 cm³/mol. The second-order valence-corrected chi connectivity index (χ2v) is 6.73. The number of fused-ring (bicyclic) bond motifs is 1. The third-order valence-corrected chi connectivity index (χ3v) is 5.15. The van der Waals surface area contributed by atoms with Crippen LogP contribution in [-0.4, -0.2) is 11.5 Å². The van der Waals surface area contributed by atoms with Gasteiger partial charge in [-0.05, 0) is 61.9 Å². The molecule has 2 N–H and O–H groups in total. The van der Waals surface area contributed by atoms with Crippen LogP contribution in [0, 0.1) is 20.8 Å². The summed E-state index contributed by atoms with van der Waals surface area (Å²) in [6, 6.07) is 13.0. The highest BCUT2D eigenvalue weighted by Crippen LogP contribution is 2.25. The Morgan fingerprint density at radius 2 is 1.77 bits per heavy atom. The van der Waals surface area contributed by atoms with Gasteiger partial charge in [-0.2, -0.15) is 0 Å². The minimum Gasteiger partial charge on any atom is -0.361 e. The Bertz CT molecular complexity index is 766. The standard InChI is InChI=1S/C19H22N2S/c1-13-10-14(2)19(15(3)11-13)22-21-9-8-16-12-20-18-7-5-4-6-17(16)18/h4-7,10-12,20-21H,8-9H2,1-3H3. The topological polar surface area (TPSA) is 27.8 Å². The van der Waals surface area contributed by atoms with Crippen LogP contribution in [0.1, 0.15) is 22.3 Å². The molecule has 114 valence electrons. The highest BCUT2D eigenvalue weighted by atomic mass is 32.2. The van der Waals surface area contributed by atoms with E-state index in [1.165, 1.54) is 38.1 Å². The van der Waals surface area contributed by atoms with Crippen LogP contribution in [0.2, 0.25) is 0 Å². The van der Waals surface area contributed by atoms with Crippen molar-refractivity contribution in [3.8, 4) is 0 Å². The first-order chi connectivity index (χ1) is 10.6. The second kappa shape index (κ2) is 6.59. The molecule has 0 saturated heterocycles. The first kappa shape index (κ1) is 15.2. The SMILES string of the molecule is Cc1cc(C)c(SNCCc2c[nH]c3ccccc23)c(C)c1. The van der Waals surface area contributed by atoms with Gasteiger partial charge in [-0.15, -0.1) is 0 Å². The normalized spacial score (nSPS) is 11.2. The quantitative estimate of drug-likeness (QED) is 0.516. The average Bonchev–Trinajstić information content (AvgIpc) is 2.89. The number of H-pyrrole nitrogens is 1. The molecule has 0 amide bonds. The molecule has 3 rings (SSSR count). The number of nitrogens with one attached hydrogen (secondary N) is 2. The largest absolute Gasteiger partial charge is 0.361 e. The third kappa shape index (κ3) is 3.21. The molecule has 0 radical (unpaired) electrons. The van der Waals surface area contributed by atoms with E-state index in [2.05, 4.69) is 73.1 Å². The Balaban J connectivity index is 1.60. The first-order valence-electron chi connectivity index (χ1n) is 7.67. The van der Waals surface area contributed by atoms with Crippen LogP contribution in [-0.2, 0) is 6.42 Å². The van der Waals surface area contributed by atoms with Crippen molar-refractivity contribution in [3.05, 3.63) is 64.8 Å². The van der Waals surface area contributed by atoms with Gasteiger partial charge in [0.25, 0.3) is 0 Å². The summed E-state index contributed by atoms with van der Waals surface area (Å²) >= 11 is 1.75. The van der Waals surface area contributed by atoms with Crippen molar-refractivity contribution < 1.29 is 0 Å². The number of para-hydroxylation sites is 1. The molecule has 22 heavy (non-hydrogen) atoms. The summed E-state index contributed by atoms with van der Waals surface area (Å²) in [5, 5.41) is 1.33. The molecule has 1 heterocycles. The highest BCUT2D eigenvalue weighted by molar-refractivity contribution is 7.97. The van der Waals surface area contributed by atoms with Crippen molar-refractivity contribution in [3.63, 3.8) is 0 Å². The summed E-state index contributed by atoms with van der Waals surface area (Å²) in [6.07, 6.45) is 3.15. The van der Waals surface area contributed by atoms with E-state index in [9.17, 15) is 0 Å². The molecule has 0 fully saturated rings. The van der Waals surface area contributed by atoms with E-state index < -0.39 is 0 Å². The fourth-order valence-electron chi connectivity index (χ4n) is 2.98. The van der Waals surface area contributed by atoms with Crippen molar-refractivity contribution in [1.29, 1.82) is 0 Å². The van der Waals surface area contributed by atoms with Gasteiger partial charge in [0.1, 0.15) is 0 Å². The van der Waals surface area contributed by atoms with Crippen LogP contribution in [0.5, 0.6) is 0 Å². The van der Waals surface area contributed by atoms with Gasteiger partial charge in [0, 0.05) is 28.5 Å². The van der Waals surface area contributed by atoms with Crippen LogP contribution in [0.4, 0.5) is 0 Å². The smallest absolute Gasteiger partial charge is 0.0456 e. The Hall–Kier alpha value is -1.71. The van der Waals surface area contributed by atoms with Gasteiger partial charge in [0.05, 0.1) is 0 Å². The van der Waals surface area contributed by atoms with Crippen LogP contribution >= 0.6 is 11.9 Å². The maximum absolute atomic E-state index is 3.51. The molecule has 0 aliphatic rings. The molecule has 3 heteroatoms. The molecule has 2 aromatic carbocycles. The monoisotopic (exact) mass is 310 g/mol. The number of rotatable bonds is 5. The molecular formula is C19H22N2S. The van der Waals surface area contributed by atoms with Crippen LogP contribution in [0.3, 0.4) is 0 Å². The van der Waals surface area contributed by atoms with Crippen molar-refractivity contribution >= 4 is 22.9 Å². The van der Waals surface area contributed by atoms with Crippen molar-refractivity contribution in [2.75, 3.05) is 6.54 Å².